The summed E-state index contributed by atoms with van der Waals surface area (Å²) < 4.78 is 4.65. The average Bonchev–Trinajstić information content (AvgIpc) is 2.31. The van der Waals surface area contributed by atoms with E-state index >= 15 is 0 Å². The van der Waals surface area contributed by atoms with Gasteiger partial charge in [0, 0.05) is 19.5 Å². The second-order valence-corrected chi connectivity index (χ2v) is 3.97. The van der Waals surface area contributed by atoms with Crippen molar-refractivity contribution in [1.82, 2.24) is 4.90 Å². The summed E-state index contributed by atoms with van der Waals surface area (Å²) in [4.78, 5) is 24.7. The van der Waals surface area contributed by atoms with Crippen LogP contribution >= 0.6 is 0 Å². The highest BCUT2D eigenvalue weighted by Crippen LogP contribution is 2.06. The Labute approximate surface area is 98.0 Å². The van der Waals surface area contributed by atoms with Gasteiger partial charge in [-0.2, -0.15) is 0 Å². The molecule has 0 fully saturated rings. The first kappa shape index (κ1) is 14.9. The monoisotopic (exact) mass is 229 g/mol. The van der Waals surface area contributed by atoms with Crippen LogP contribution in [0.1, 0.15) is 40.0 Å². The molecule has 0 aromatic rings. The van der Waals surface area contributed by atoms with Gasteiger partial charge in [0.2, 0.25) is 5.91 Å². The van der Waals surface area contributed by atoms with Crippen LogP contribution in [-0.2, 0) is 14.3 Å². The number of esters is 1. The summed E-state index contributed by atoms with van der Waals surface area (Å²) in [5.41, 5.74) is 0. The van der Waals surface area contributed by atoms with Crippen molar-refractivity contribution in [2.45, 2.75) is 40.0 Å². The van der Waals surface area contributed by atoms with Crippen LogP contribution in [0.4, 0.5) is 0 Å². The lowest BCUT2D eigenvalue weighted by atomic mass is 10.1. The number of methoxy groups -OCH3 is 1. The molecule has 0 saturated heterocycles. The average molecular weight is 229 g/mol. The van der Waals surface area contributed by atoms with Crippen molar-refractivity contribution in [2.75, 3.05) is 20.2 Å². The highest BCUT2D eigenvalue weighted by atomic mass is 16.5. The Morgan fingerprint density at radius 2 is 1.94 bits per heavy atom. The molecule has 94 valence electrons. The third-order valence-corrected chi connectivity index (χ3v) is 2.53. The molecule has 0 heterocycles. The number of rotatable bonds is 7. The summed E-state index contributed by atoms with van der Waals surface area (Å²) in [6.45, 7) is 6.89. The molecule has 0 saturated carbocycles. The first-order valence-electron chi connectivity index (χ1n) is 5.92. The van der Waals surface area contributed by atoms with Gasteiger partial charge >= 0.3 is 5.97 Å². The van der Waals surface area contributed by atoms with E-state index in [9.17, 15) is 9.59 Å². The van der Waals surface area contributed by atoms with Gasteiger partial charge in [0.1, 0.15) is 0 Å². The maximum atomic E-state index is 11.6. The minimum atomic E-state index is -0.259. The number of ether oxygens (including phenoxy) is 1. The van der Waals surface area contributed by atoms with Crippen LogP contribution < -0.4 is 0 Å². The van der Waals surface area contributed by atoms with Gasteiger partial charge in [0.15, 0.2) is 0 Å². The minimum Gasteiger partial charge on any atom is -0.469 e. The lowest BCUT2D eigenvalue weighted by Crippen LogP contribution is -2.37. The van der Waals surface area contributed by atoms with Gasteiger partial charge in [-0.25, -0.2) is 0 Å². The van der Waals surface area contributed by atoms with E-state index in [0.29, 0.717) is 13.0 Å². The zero-order valence-electron chi connectivity index (χ0n) is 10.8. The fraction of sp³-hybridized carbons (Fsp3) is 0.833. The molecule has 0 aliphatic rings. The van der Waals surface area contributed by atoms with Gasteiger partial charge in [0.25, 0.3) is 0 Å². The molecule has 0 radical (unpaired) electrons. The molecule has 16 heavy (non-hydrogen) atoms. The smallest absolute Gasteiger partial charge is 0.310 e. The highest BCUT2D eigenvalue weighted by molar-refractivity contribution is 5.77. The molecule has 1 atom stereocenters. The van der Waals surface area contributed by atoms with Crippen molar-refractivity contribution in [3.8, 4) is 0 Å². The Hall–Kier alpha value is -1.06. The number of amides is 1. The Morgan fingerprint density at radius 1 is 1.31 bits per heavy atom. The Balaban J connectivity index is 4.29. The molecule has 0 bridgehead atoms. The number of hydrogen-bond acceptors (Lipinski definition) is 3. The van der Waals surface area contributed by atoms with E-state index in [4.69, 9.17) is 0 Å². The van der Waals surface area contributed by atoms with Gasteiger partial charge in [-0.05, 0) is 6.42 Å². The van der Waals surface area contributed by atoms with Crippen LogP contribution in [0.15, 0.2) is 0 Å². The molecule has 1 unspecified atom stereocenters. The van der Waals surface area contributed by atoms with E-state index in [0.717, 1.165) is 19.4 Å². The van der Waals surface area contributed by atoms with Crippen molar-refractivity contribution in [2.24, 2.45) is 5.92 Å². The maximum absolute atomic E-state index is 11.6. The van der Waals surface area contributed by atoms with E-state index in [1.54, 1.807) is 11.8 Å². The number of unbranched alkanes of at least 4 members (excludes halogenated alkanes) is 1. The highest BCUT2D eigenvalue weighted by Gasteiger charge is 2.19. The second kappa shape index (κ2) is 8.13. The molecule has 0 spiro atoms. The zero-order chi connectivity index (χ0) is 12.6. The first-order chi connectivity index (χ1) is 7.56. The van der Waals surface area contributed by atoms with Crippen molar-refractivity contribution >= 4 is 11.9 Å². The Kier molecular flexibility index (Phi) is 7.60. The quantitative estimate of drug-likeness (QED) is 0.626. The second-order valence-electron chi connectivity index (χ2n) is 3.97. The minimum absolute atomic E-state index is 0.101. The molecule has 0 rings (SSSR count). The fourth-order valence-corrected chi connectivity index (χ4v) is 1.50. The van der Waals surface area contributed by atoms with Crippen LogP contribution in [0, 0.1) is 5.92 Å². The third-order valence-electron chi connectivity index (χ3n) is 2.53. The molecular formula is C12H23NO3. The molecule has 0 aromatic carbocycles. The first-order valence-corrected chi connectivity index (χ1v) is 5.92. The lowest BCUT2D eigenvalue weighted by Gasteiger charge is -2.24. The molecule has 4 nitrogen and oxygen atoms in total. The van der Waals surface area contributed by atoms with Crippen LogP contribution in [0.2, 0.25) is 0 Å². The van der Waals surface area contributed by atoms with Crippen molar-refractivity contribution in [3.63, 3.8) is 0 Å². The molecule has 0 aromatic heterocycles. The molecular weight excluding hydrogens is 206 g/mol. The standard InChI is InChI=1S/C12H23NO3/c1-5-7-8-13(11(14)6-2)9-10(3)12(15)16-4/h10H,5-9H2,1-4H3. The number of carbonyl (C=O) groups excluding carboxylic acids is 2. The summed E-state index contributed by atoms with van der Waals surface area (Å²) in [5, 5.41) is 0. The SMILES string of the molecule is CCCCN(CC(C)C(=O)OC)C(=O)CC. The number of hydrogen-bond donors (Lipinski definition) is 0. The largest absolute Gasteiger partial charge is 0.469 e. The van der Waals surface area contributed by atoms with Gasteiger partial charge in [-0.1, -0.05) is 27.2 Å². The van der Waals surface area contributed by atoms with Crippen molar-refractivity contribution in [3.05, 3.63) is 0 Å². The van der Waals surface area contributed by atoms with E-state index in [1.165, 1.54) is 7.11 Å². The maximum Gasteiger partial charge on any atom is 0.310 e. The third kappa shape index (κ3) is 5.14. The topological polar surface area (TPSA) is 46.6 Å². The van der Waals surface area contributed by atoms with Crippen molar-refractivity contribution < 1.29 is 14.3 Å². The van der Waals surface area contributed by atoms with Gasteiger partial charge in [0.05, 0.1) is 13.0 Å². The van der Waals surface area contributed by atoms with Gasteiger partial charge < -0.3 is 9.64 Å². The summed E-state index contributed by atoms with van der Waals surface area (Å²) in [5.74, 6) is -0.410. The van der Waals surface area contributed by atoms with Crippen LogP contribution in [0.5, 0.6) is 0 Å². The van der Waals surface area contributed by atoms with Crippen LogP contribution in [-0.4, -0.2) is 37.0 Å². The van der Waals surface area contributed by atoms with E-state index in [1.807, 2.05) is 6.92 Å². The molecule has 0 aliphatic carbocycles. The summed E-state index contributed by atoms with van der Waals surface area (Å²) in [6.07, 6.45) is 2.50. The lowest BCUT2D eigenvalue weighted by molar-refractivity contribution is -0.146. The fourth-order valence-electron chi connectivity index (χ4n) is 1.50. The number of nitrogens with zero attached hydrogens (tertiary/aromatic N) is 1. The summed E-state index contributed by atoms with van der Waals surface area (Å²) in [6, 6.07) is 0. The van der Waals surface area contributed by atoms with Gasteiger partial charge in [-0.15, -0.1) is 0 Å². The predicted octanol–water partition coefficient (Wildman–Crippen LogP) is 1.83. The van der Waals surface area contributed by atoms with E-state index in [-0.39, 0.29) is 17.8 Å². The normalized spacial score (nSPS) is 12.0. The van der Waals surface area contributed by atoms with Crippen molar-refractivity contribution in [1.29, 1.82) is 0 Å². The predicted molar refractivity (Wildman–Crippen MR) is 63.0 cm³/mol. The zero-order valence-corrected chi connectivity index (χ0v) is 10.8. The molecule has 0 aliphatic heterocycles. The summed E-state index contributed by atoms with van der Waals surface area (Å²) >= 11 is 0. The summed E-state index contributed by atoms with van der Waals surface area (Å²) in [7, 11) is 1.37. The Morgan fingerprint density at radius 3 is 2.38 bits per heavy atom. The van der Waals surface area contributed by atoms with Crippen LogP contribution in [0.3, 0.4) is 0 Å². The number of carbonyl (C=O) groups is 2. The molecule has 4 heteroatoms. The molecule has 1 amide bonds. The van der Waals surface area contributed by atoms with Crippen LogP contribution in [0.25, 0.3) is 0 Å². The Bertz CT molecular complexity index is 228. The van der Waals surface area contributed by atoms with Gasteiger partial charge in [-0.3, -0.25) is 9.59 Å². The molecule has 0 N–H and O–H groups in total. The van der Waals surface area contributed by atoms with E-state index < -0.39 is 0 Å². The van der Waals surface area contributed by atoms with E-state index in [2.05, 4.69) is 11.7 Å².